The predicted molar refractivity (Wildman–Crippen MR) is 129 cm³/mol. The molecule has 2 aromatic heterocycles. The number of hydrogen-bond donors (Lipinski definition) is 0. The second-order valence-corrected chi connectivity index (χ2v) is 8.21. The van der Waals surface area contributed by atoms with Crippen LogP contribution in [0.25, 0.3) is 5.82 Å². The second-order valence-electron chi connectivity index (χ2n) is 8.21. The molecule has 1 aliphatic rings. The first-order valence-corrected chi connectivity index (χ1v) is 11.2. The average molecular weight is 455 g/mol. The highest BCUT2D eigenvalue weighted by Crippen LogP contribution is 2.41. The summed E-state index contributed by atoms with van der Waals surface area (Å²) in [5, 5.41) is 4.46. The van der Waals surface area contributed by atoms with Gasteiger partial charge in [-0.25, -0.2) is 9.67 Å². The number of carbonyl (C=O) groups is 1. The minimum Gasteiger partial charge on any atom is -0.493 e. The fourth-order valence-electron chi connectivity index (χ4n) is 4.64. The van der Waals surface area contributed by atoms with Crippen molar-refractivity contribution in [1.82, 2.24) is 19.7 Å². The molecular weight excluding hydrogens is 428 g/mol. The first-order valence-electron chi connectivity index (χ1n) is 11.2. The Hall–Kier alpha value is -4.13. The molecule has 0 saturated carbocycles. The van der Waals surface area contributed by atoms with Crippen LogP contribution in [-0.4, -0.2) is 46.3 Å². The lowest BCUT2D eigenvalue weighted by atomic mass is 9.87. The van der Waals surface area contributed by atoms with E-state index in [1.54, 1.807) is 31.3 Å². The maximum Gasteiger partial charge on any atom is 0.258 e. The molecule has 0 radical (unpaired) electrons. The fraction of sp³-hybridized carbons (Fsp3) is 0.222. The van der Waals surface area contributed by atoms with Gasteiger partial charge in [0.15, 0.2) is 17.3 Å². The molecule has 2 aromatic carbocycles. The molecule has 7 nitrogen and oxygen atoms in total. The Morgan fingerprint density at radius 2 is 1.74 bits per heavy atom. The first-order chi connectivity index (χ1) is 16.6. The van der Waals surface area contributed by atoms with Crippen LogP contribution >= 0.6 is 0 Å². The van der Waals surface area contributed by atoms with E-state index in [0.717, 1.165) is 28.8 Å². The molecule has 7 heteroatoms. The van der Waals surface area contributed by atoms with Crippen molar-refractivity contribution in [2.45, 2.75) is 19.4 Å². The van der Waals surface area contributed by atoms with Gasteiger partial charge in [-0.15, -0.1) is 0 Å². The van der Waals surface area contributed by atoms with Crippen molar-refractivity contribution in [3.05, 3.63) is 101 Å². The van der Waals surface area contributed by atoms with Crippen LogP contribution in [0.3, 0.4) is 0 Å². The van der Waals surface area contributed by atoms with Crippen LogP contribution < -0.4 is 9.47 Å². The molecule has 0 aliphatic carbocycles. The number of methoxy groups -OCH3 is 2. The van der Waals surface area contributed by atoms with Crippen molar-refractivity contribution in [1.29, 1.82) is 0 Å². The van der Waals surface area contributed by atoms with Crippen molar-refractivity contribution in [3.63, 3.8) is 0 Å². The summed E-state index contributed by atoms with van der Waals surface area (Å²) in [5.41, 5.74) is 4.55. The molecule has 3 heterocycles. The lowest BCUT2D eigenvalue weighted by molar-refractivity contribution is 0.0693. The monoisotopic (exact) mass is 454 g/mol. The molecule has 0 bridgehead atoms. The molecule has 1 amide bonds. The van der Waals surface area contributed by atoms with Crippen LogP contribution in [0.5, 0.6) is 11.5 Å². The number of pyridine rings is 1. The van der Waals surface area contributed by atoms with E-state index in [0.29, 0.717) is 29.4 Å². The number of ether oxygens (including phenoxy) is 2. The summed E-state index contributed by atoms with van der Waals surface area (Å²) in [6.45, 7) is 2.48. The maximum atomic E-state index is 13.9. The summed E-state index contributed by atoms with van der Waals surface area (Å²) in [6, 6.07) is 19.5. The van der Waals surface area contributed by atoms with Gasteiger partial charge in [0.1, 0.15) is 0 Å². The van der Waals surface area contributed by atoms with E-state index in [4.69, 9.17) is 9.47 Å². The third-order valence-electron chi connectivity index (χ3n) is 6.36. The zero-order valence-electron chi connectivity index (χ0n) is 19.4. The summed E-state index contributed by atoms with van der Waals surface area (Å²) in [4.78, 5) is 20.2. The summed E-state index contributed by atoms with van der Waals surface area (Å²) < 4.78 is 12.8. The number of benzene rings is 2. The quantitative estimate of drug-likeness (QED) is 0.448. The van der Waals surface area contributed by atoms with Crippen molar-refractivity contribution >= 4 is 5.91 Å². The summed E-state index contributed by atoms with van der Waals surface area (Å²) >= 11 is 0. The number of carbonyl (C=O) groups excluding carboxylic acids is 1. The Labute approximate surface area is 198 Å². The van der Waals surface area contributed by atoms with Crippen LogP contribution in [0.4, 0.5) is 0 Å². The molecule has 5 rings (SSSR count). The number of rotatable bonds is 5. The number of hydrogen-bond acceptors (Lipinski definition) is 5. The molecule has 1 unspecified atom stereocenters. The van der Waals surface area contributed by atoms with Crippen LogP contribution in [-0.2, 0) is 6.42 Å². The van der Waals surface area contributed by atoms with Crippen LogP contribution in [0.2, 0.25) is 0 Å². The van der Waals surface area contributed by atoms with E-state index < -0.39 is 0 Å². The van der Waals surface area contributed by atoms with Crippen LogP contribution in [0.15, 0.2) is 73.1 Å². The van der Waals surface area contributed by atoms with Gasteiger partial charge in [-0.05, 0) is 54.3 Å². The van der Waals surface area contributed by atoms with E-state index in [-0.39, 0.29) is 11.9 Å². The lowest BCUT2D eigenvalue weighted by Crippen LogP contribution is -2.40. The highest BCUT2D eigenvalue weighted by molar-refractivity contribution is 5.96. The van der Waals surface area contributed by atoms with Gasteiger partial charge >= 0.3 is 0 Å². The normalized spacial score (nSPS) is 15.0. The Bertz CT molecular complexity index is 1320. The van der Waals surface area contributed by atoms with Crippen LogP contribution in [0.1, 0.15) is 38.8 Å². The molecule has 34 heavy (non-hydrogen) atoms. The molecule has 0 fully saturated rings. The summed E-state index contributed by atoms with van der Waals surface area (Å²) in [7, 11) is 3.27. The first kappa shape index (κ1) is 21.7. The lowest BCUT2D eigenvalue weighted by Gasteiger charge is -2.38. The van der Waals surface area contributed by atoms with Gasteiger partial charge in [0.2, 0.25) is 0 Å². The number of fused-ring (bicyclic) bond motifs is 1. The molecule has 1 atom stereocenters. The highest BCUT2D eigenvalue weighted by atomic mass is 16.5. The van der Waals surface area contributed by atoms with Gasteiger partial charge in [-0.3, -0.25) is 4.79 Å². The average Bonchev–Trinajstić information content (AvgIpc) is 3.28. The van der Waals surface area contributed by atoms with Crippen molar-refractivity contribution in [2.75, 3.05) is 20.8 Å². The molecule has 4 aromatic rings. The van der Waals surface area contributed by atoms with E-state index in [1.165, 1.54) is 0 Å². The third-order valence-corrected chi connectivity index (χ3v) is 6.36. The Morgan fingerprint density at radius 3 is 2.44 bits per heavy atom. The summed E-state index contributed by atoms with van der Waals surface area (Å²) in [6.07, 6.45) is 4.07. The SMILES string of the molecule is COc1cc2c(cc1OC)C(c1ccccc1)N(C(=O)c1cnn(-c3ccccn3)c1C)CC2. The van der Waals surface area contributed by atoms with Gasteiger partial charge in [0, 0.05) is 12.7 Å². The highest BCUT2D eigenvalue weighted by Gasteiger charge is 2.35. The molecule has 0 saturated heterocycles. The molecule has 0 N–H and O–H groups in total. The van der Waals surface area contributed by atoms with Crippen molar-refractivity contribution in [3.8, 4) is 17.3 Å². The fourth-order valence-corrected chi connectivity index (χ4v) is 4.64. The zero-order valence-corrected chi connectivity index (χ0v) is 19.4. The molecule has 172 valence electrons. The summed E-state index contributed by atoms with van der Waals surface area (Å²) in [5.74, 6) is 1.96. The Morgan fingerprint density at radius 1 is 1.00 bits per heavy atom. The third kappa shape index (κ3) is 3.69. The maximum absolute atomic E-state index is 13.9. The van der Waals surface area contributed by atoms with Crippen molar-refractivity contribution < 1.29 is 14.3 Å². The topological polar surface area (TPSA) is 69.5 Å². The molecule has 1 aliphatic heterocycles. The number of amides is 1. The van der Waals surface area contributed by atoms with Gasteiger partial charge in [0.25, 0.3) is 5.91 Å². The molecular formula is C27H26N4O3. The van der Waals surface area contributed by atoms with Gasteiger partial charge in [-0.2, -0.15) is 5.10 Å². The van der Waals surface area contributed by atoms with Gasteiger partial charge < -0.3 is 14.4 Å². The Balaban J connectivity index is 1.59. The minimum atomic E-state index is -0.255. The van der Waals surface area contributed by atoms with E-state index >= 15 is 0 Å². The van der Waals surface area contributed by atoms with Crippen LogP contribution in [0, 0.1) is 6.92 Å². The largest absolute Gasteiger partial charge is 0.493 e. The zero-order chi connectivity index (χ0) is 23.7. The molecule has 0 spiro atoms. The second kappa shape index (κ2) is 9.02. The van der Waals surface area contributed by atoms with E-state index in [2.05, 4.69) is 22.2 Å². The predicted octanol–water partition coefficient (Wildman–Crippen LogP) is 4.38. The number of nitrogens with zero attached hydrogens (tertiary/aromatic N) is 4. The standard InChI is InChI=1S/C27H26N4O3/c1-18-22(17-29-31(18)25-11-7-8-13-28-25)27(32)30-14-12-20-15-23(33-2)24(34-3)16-21(20)26(30)19-9-5-4-6-10-19/h4-11,13,15-17,26H,12,14H2,1-3H3. The van der Waals surface area contributed by atoms with Gasteiger partial charge in [0.05, 0.1) is 37.7 Å². The van der Waals surface area contributed by atoms with Gasteiger partial charge in [-0.1, -0.05) is 36.4 Å². The minimum absolute atomic E-state index is 0.0611. The van der Waals surface area contributed by atoms with Crippen molar-refractivity contribution in [2.24, 2.45) is 0 Å². The van der Waals surface area contributed by atoms with E-state index in [9.17, 15) is 4.79 Å². The van der Waals surface area contributed by atoms with E-state index in [1.807, 2.05) is 60.4 Å². The Kier molecular flexibility index (Phi) is 5.76. The number of aromatic nitrogens is 3. The smallest absolute Gasteiger partial charge is 0.258 e.